The Morgan fingerprint density at radius 2 is 1.89 bits per heavy atom. The number of rotatable bonds is 2. The summed E-state index contributed by atoms with van der Waals surface area (Å²) in [4.78, 5) is 17.6. The number of nitrogen functional groups attached to an aromatic ring is 1. The first-order chi connectivity index (χ1) is 13.0. The monoisotopic (exact) mass is 436 g/mol. The number of hydrogen-bond donors (Lipinski definition) is 3. The number of alkyl halides is 3. The molecule has 8 nitrogen and oxygen atoms in total. The number of carbonyl (C=O) groups is 1. The fourth-order valence-electron chi connectivity index (χ4n) is 2.16. The lowest BCUT2D eigenvalue weighted by Gasteiger charge is -2.12. The zero-order valence-electron chi connectivity index (χ0n) is 14.1. The predicted octanol–water partition coefficient (Wildman–Crippen LogP) is 3.08. The summed E-state index contributed by atoms with van der Waals surface area (Å²) in [7, 11) is 0. The number of benzene rings is 1. The molecule has 0 atom stereocenters. The molecule has 0 radical (unpaired) electrons. The molecule has 13 heteroatoms. The van der Waals surface area contributed by atoms with E-state index in [1.54, 1.807) is 25.1 Å². The quantitative estimate of drug-likeness (QED) is 0.561. The number of nitrogens with two attached hydrogens (primary N) is 2. The molecule has 2 aromatic heterocycles. The van der Waals surface area contributed by atoms with E-state index in [1.807, 2.05) is 0 Å². The third-order valence-electron chi connectivity index (χ3n) is 3.36. The minimum atomic E-state index is -5.08. The van der Waals surface area contributed by atoms with Crippen LogP contribution in [0.5, 0.6) is 0 Å². The Hall–Kier alpha value is -2.63. The molecule has 28 heavy (non-hydrogen) atoms. The van der Waals surface area contributed by atoms with E-state index < -0.39 is 12.1 Å². The number of carboxylic acids is 1. The first-order valence-electron chi connectivity index (χ1n) is 7.43. The average Bonchev–Trinajstić information content (AvgIpc) is 2.95. The molecule has 5 N–H and O–H groups in total. The highest BCUT2D eigenvalue weighted by Gasteiger charge is 2.38. The van der Waals surface area contributed by atoms with Crippen molar-refractivity contribution in [3.8, 4) is 11.3 Å². The number of fused-ring (bicyclic) bond motifs is 1. The SMILES string of the molecule is Cc1nc2nc(-c3ccc(Cl)cc3Cl)c(CN)c(N)n2n1.O=C(O)C(F)(F)F. The smallest absolute Gasteiger partial charge is 0.475 e. The zero-order chi connectivity index (χ0) is 21.2. The molecule has 0 saturated heterocycles. The number of carboxylic acid groups (broad SMARTS) is 1. The topological polar surface area (TPSA) is 132 Å². The number of nitrogens with zero attached hydrogens (tertiary/aromatic N) is 4. The van der Waals surface area contributed by atoms with Crippen LogP contribution in [0.1, 0.15) is 11.4 Å². The molecular formula is C15H13Cl2F3N6O2. The summed E-state index contributed by atoms with van der Waals surface area (Å²) in [6.45, 7) is 1.98. The van der Waals surface area contributed by atoms with Crippen LogP contribution in [0.15, 0.2) is 18.2 Å². The summed E-state index contributed by atoms with van der Waals surface area (Å²) < 4.78 is 33.2. The molecule has 2 heterocycles. The van der Waals surface area contributed by atoms with Crippen molar-refractivity contribution in [2.45, 2.75) is 19.6 Å². The molecule has 0 aliphatic rings. The molecule has 0 bridgehead atoms. The normalized spacial score (nSPS) is 11.2. The Labute approximate surface area is 165 Å². The van der Waals surface area contributed by atoms with Crippen molar-refractivity contribution in [3.63, 3.8) is 0 Å². The first kappa shape index (κ1) is 21.7. The molecule has 0 aliphatic carbocycles. The van der Waals surface area contributed by atoms with E-state index in [4.69, 9.17) is 44.6 Å². The van der Waals surface area contributed by atoms with Crippen LogP contribution in [0.3, 0.4) is 0 Å². The van der Waals surface area contributed by atoms with Crippen molar-refractivity contribution in [3.05, 3.63) is 39.6 Å². The summed E-state index contributed by atoms with van der Waals surface area (Å²) in [5.74, 6) is -1.36. The Morgan fingerprint density at radius 1 is 1.29 bits per heavy atom. The summed E-state index contributed by atoms with van der Waals surface area (Å²) in [5.41, 5.74) is 13.9. The van der Waals surface area contributed by atoms with Gasteiger partial charge in [-0.2, -0.15) is 22.7 Å². The van der Waals surface area contributed by atoms with Crippen LogP contribution >= 0.6 is 23.2 Å². The Balaban J connectivity index is 0.000000345. The van der Waals surface area contributed by atoms with Gasteiger partial charge in [-0.15, -0.1) is 5.10 Å². The summed E-state index contributed by atoms with van der Waals surface area (Å²) >= 11 is 12.2. The average molecular weight is 437 g/mol. The predicted molar refractivity (Wildman–Crippen MR) is 97.0 cm³/mol. The number of aromatic nitrogens is 4. The van der Waals surface area contributed by atoms with E-state index in [9.17, 15) is 13.2 Å². The van der Waals surface area contributed by atoms with Gasteiger partial charge in [-0.25, -0.2) is 9.78 Å². The molecule has 0 spiro atoms. The Morgan fingerprint density at radius 3 is 2.39 bits per heavy atom. The largest absolute Gasteiger partial charge is 0.490 e. The molecule has 0 amide bonds. The van der Waals surface area contributed by atoms with E-state index in [2.05, 4.69) is 15.1 Å². The molecular weight excluding hydrogens is 424 g/mol. The highest BCUT2D eigenvalue weighted by atomic mass is 35.5. The van der Waals surface area contributed by atoms with Crippen LogP contribution in [0.25, 0.3) is 17.0 Å². The minimum Gasteiger partial charge on any atom is -0.475 e. The van der Waals surface area contributed by atoms with Crippen LogP contribution < -0.4 is 11.5 Å². The van der Waals surface area contributed by atoms with Gasteiger partial charge in [0.1, 0.15) is 11.6 Å². The van der Waals surface area contributed by atoms with E-state index in [-0.39, 0.29) is 6.54 Å². The standard InChI is InChI=1S/C13H12Cl2N6.C2HF3O2/c1-6-18-13-19-11(8-3-2-7(14)4-10(8)15)9(5-16)12(17)21(13)20-6;3-2(4,5)1(6)7/h2-4H,5,16-17H2,1H3;(H,6,7). The van der Waals surface area contributed by atoms with Crippen LogP contribution in [0, 0.1) is 6.92 Å². The fraction of sp³-hybridized carbons (Fsp3) is 0.200. The van der Waals surface area contributed by atoms with Gasteiger partial charge in [0.15, 0.2) is 0 Å². The van der Waals surface area contributed by atoms with E-state index in [0.717, 1.165) is 0 Å². The van der Waals surface area contributed by atoms with Gasteiger partial charge in [0.2, 0.25) is 0 Å². The lowest BCUT2D eigenvalue weighted by molar-refractivity contribution is -0.192. The summed E-state index contributed by atoms with van der Waals surface area (Å²) in [6.07, 6.45) is -5.08. The van der Waals surface area contributed by atoms with Gasteiger partial charge < -0.3 is 16.6 Å². The maximum Gasteiger partial charge on any atom is 0.490 e. The second kappa shape index (κ2) is 8.17. The molecule has 3 aromatic rings. The van der Waals surface area contributed by atoms with Gasteiger partial charge in [0.25, 0.3) is 5.78 Å². The van der Waals surface area contributed by atoms with Crippen molar-refractivity contribution in [2.75, 3.05) is 5.73 Å². The molecule has 0 aliphatic heterocycles. The van der Waals surface area contributed by atoms with Gasteiger partial charge in [0.05, 0.1) is 10.7 Å². The minimum absolute atomic E-state index is 0.210. The van der Waals surface area contributed by atoms with Crippen LogP contribution in [0.4, 0.5) is 19.0 Å². The summed E-state index contributed by atoms with van der Waals surface area (Å²) in [5, 5.41) is 12.3. The molecule has 0 fully saturated rings. The van der Waals surface area contributed by atoms with Crippen LogP contribution in [-0.4, -0.2) is 36.8 Å². The number of anilines is 1. The Bertz CT molecular complexity index is 1040. The van der Waals surface area contributed by atoms with E-state index >= 15 is 0 Å². The first-order valence-corrected chi connectivity index (χ1v) is 8.18. The van der Waals surface area contributed by atoms with Crippen molar-refractivity contribution in [1.29, 1.82) is 0 Å². The summed E-state index contributed by atoms with van der Waals surface area (Å²) in [6, 6.07) is 5.17. The molecule has 1 aromatic carbocycles. The van der Waals surface area contributed by atoms with E-state index in [0.29, 0.717) is 44.3 Å². The van der Waals surface area contributed by atoms with Gasteiger partial charge in [-0.05, 0) is 25.1 Å². The second-order valence-corrected chi connectivity index (χ2v) is 6.17. The van der Waals surface area contributed by atoms with E-state index in [1.165, 1.54) is 4.52 Å². The highest BCUT2D eigenvalue weighted by molar-refractivity contribution is 6.36. The number of aliphatic carboxylic acids is 1. The molecule has 3 rings (SSSR count). The van der Waals surface area contributed by atoms with Crippen molar-refractivity contribution >= 4 is 40.8 Å². The zero-order valence-corrected chi connectivity index (χ0v) is 15.6. The van der Waals surface area contributed by atoms with Gasteiger partial charge in [-0.1, -0.05) is 23.2 Å². The maximum absolute atomic E-state index is 10.6. The number of aryl methyl sites for hydroxylation is 1. The van der Waals surface area contributed by atoms with Crippen LogP contribution in [0.2, 0.25) is 10.0 Å². The van der Waals surface area contributed by atoms with Gasteiger partial charge >= 0.3 is 12.1 Å². The van der Waals surface area contributed by atoms with Crippen molar-refractivity contribution in [1.82, 2.24) is 19.6 Å². The molecule has 0 unspecified atom stereocenters. The second-order valence-electron chi connectivity index (χ2n) is 5.33. The third kappa shape index (κ3) is 4.61. The highest BCUT2D eigenvalue weighted by Crippen LogP contribution is 2.33. The molecule has 0 saturated carbocycles. The number of hydrogen-bond acceptors (Lipinski definition) is 6. The van der Waals surface area contributed by atoms with Crippen molar-refractivity contribution in [2.24, 2.45) is 5.73 Å². The Kier molecular flexibility index (Phi) is 6.32. The third-order valence-corrected chi connectivity index (χ3v) is 3.91. The van der Waals surface area contributed by atoms with Crippen LogP contribution in [-0.2, 0) is 11.3 Å². The van der Waals surface area contributed by atoms with Gasteiger partial charge in [-0.3, -0.25) is 0 Å². The number of halogens is 5. The van der Waals surface area contributed by atoms with Crippen molar-refractivity contribution < 1.29 is 23.1 Å². The lowest BCUT2D eigenvalue weighted by atomic mass is 10.1. The lowest BCUT2D eigenvalue weighted by Crippen LogP contribution is -2.21. The maximum atomic E-state index is 10.6. The fourth-order valence-corrected chi connectivity index (χ4v) is 2.66. The van der Waals surface area contributed by atoms with Gasteiger partial charge in [0, 0.05) is 22.7 Å². The molecule has 150 valence electrons.